The SMILES string of the molecule is COc1ccc(C(=O)/C=C/c2cc3c(cc2Br)OCO3)c(OC)c1. The molecule has 0 saturated heterocycles. The Labute approximate surface area is 147 Å². The first-order valence-corrected chi connectivity index (χ1v) is 7.95. The summed E-state index contributed by atoms with van der Waals surface area (Å²) in [6, 6.07) is 8.72. The van der Waals surface area contributed by atoms with Crippen LogP contribution in [0.25, 0.3) is 6.08 Å². The van der Waals surface area contributed by atoms with Gasteiger partial charge in [0, 0.05) is 10.5 Å². The Morgan fingerprint density at radius 2 is 1.88 bits per heavy atom. The van der Waals surface area contributed by atoms with Crippen LogP contribution in [0.5, 0.6) is 23.0 Å². The Hall–Kier alpha value is -2.47. The van der Waals surface area contributed by atoms with Gasteiger partial charge in [0.25, 0.3) is 0 Å². The highest BCUT2D eigenvalue weighted by Crippen LogP contribution is 2.37. The highest BCUT2D eigenvalue weighted by atomic mass is 79.9. The minimum absolute atomic E-state index is 0.168. The van der Waals surface area contributed by atoms with Gasteiger partial charge in [-0.1, -0.05) is 15.9 Å². The lowest BCUT2D eigenvalue weighted by atomic mass is 10.1. The zero-order valence-electron chi connectivity index (χ0n) is 13.2. The predicted octanol–water partition coefficient (Wildman–Crippen LogP) is 4.09. The van der Waals surface area contributed by atoms with Crippen LogP contribution in [0.1, 0.15) is 15.9 Å². The molecule has 1 heterocycles. The second-order valence-electron chi connectivity index (χ2n) is 4.99. The molecule has 1 aliphatic rings. The molecule has 0 unspecified atom stereocenters. The number of halogens is 1. The van der Waals surface area contributed by atoms with Crippen LogP contribution in [0, 0.1) is 0 Å². The number of ether oxygens (including phenoxy) is 4. The van der Waals surface area contributed by atoms with Gasteiger partial charge in [-0.25, -0.2) is 0 Å². The maximum absolute atomic E-state index is 12.5. The van der Waals surface area contributed by atoms with Crippen molar-refractivity contribution in [2.75, 3.05) is 21.0 Å². The molecule has 0 fully saturated rings. The van der Waals surface area contributed by atoms with Crippen LogP contribution < -0.4 is 18.9 Å². The van der Waals surface area contributed by atoms with Crippen molar-refractivity contribution in [3.63, 3.8) is 0 Å². The van der Waals surface area contributed by atoms with Crippen molar-refractivity contribution in [2.24, 2.45) is 0 Å². The molecular formula is C18H15BrO5. The summed E-state index contributed by atoms with van der Waals surface area (Å²) in [6.45, 7) is 0.205. The lowest BCUT2D eigenvalue weighted by molar-refractivity contribution is 0.104. The topological polar surface area (TPSA) is 54.0 Å². The summed E-state index contributed by atoms with van der Waals surface area (Å²) in [6.07, 6.45) is 3.21. The van der Waals surface area contributed by atoms with Gasteiger partial charge in [0.15, 0.2) is 17.3 Å². The molecule has 6 heteroatoms. The normalized spacial score (nSPS) is 12.5. The van der Waals surface area contributed by atoms with Crippen molar-refractivity contribution in [3.8, 4) is 23.0 Å². The van der Waals surface area contributed by atoms with Crippen LogP contribution in [-0.2, 0) is 0 Å². The fraction of sp³-hybridized carbons (Fsp3) is 0.167. The van der Waals surface area contributed by atoms with E-state index >= 15 is 0 Å². The largest absolute Gasteiger partial charge is 0.497 e. The fourth-order valence-electron chi connectivity index (χ4n) is 2.32. The van der Waals surface area contributed by atoms with Crippen molar-refractivity contribution in [1.82, 2.24) is 0 Å². The van der Waals surface area contributed by atoms with E-state index in [2.05, 4.69) is 15.9 Å². The van der Waals surface area contributed by atoms with Gasteiger partial charge in [-0.2, -0.15) is 0 Å². The van der Waals surface area contributed by atoms with E-state index in [4.69, 9.17) is 18.9 Å². The lowest BCUT2D eigenvalue weighted by Gasteiger charge is -2.08. The van der Waals surface area contributed by atoms with E-state index in [0.717, 1.165) is 10.0 Å². The highest BCUT2D eigenvalue weighted by Gasteiger charge is 2.16. The van der Waals surface area contributed by atoms with Crippen LogP contribution in [0.3, 0.4) is 0 Å². The molecule has 0 aliphatic carbocycles. The number of hydrogen-bond acceptors (Lipinski definition) is 5. The van der Waals surface area contributed by atoms with E-state index in [9.17, 15) is 4.79 Å². The van der Waals surface area contributed by atoms with E-state index in [1.165, 1.54) is 13.2 Å². The zero-order chi connectivity index (χ0) is 17.1. The summed E-state index contributed by atoms with van der Waals surface area (Å²) in [7, 11) is 3.08. The van der Waals surface area contributed by atoms with Crippen LogP contribution in [-0.4, -0.2) is 26.8 Å². The van der Waals surface area contributed by atoms with E-state index in [-0.39, 0.29) is 12.6 Å². The molecular weight excluding hydrogens is 376 g/mol. The fourth-order valence-corrected chi connectivity index (χ4v) is 2.77. The smallest absolute Gasteiger partial charge is 0.231 e. The molecule has 0 aromatic heterocycles. The number of methoxy groups -OCH3 is 2. The molecule has 124 valence electrons. The van der Waals surface area contributed by atoms with Gasteiger partial charge in [0.2, 0.25) is 6.79 Å². The molecule has 0 bridgehead atoms. The first kappa shape index (κ1) is 16.4. The third-order valence-corrected chi connectivity index (χ3v) is 4.27. The summed E-state index contributed by atoms with van der Waals surface area (Å²) >= 11 is 3.46. The van der Waals surface area contributed by atoms with Gasteiger partial charge in [0.05, 0.1) is 19.8 Å². The van der Waals surface area contributed by atoms with Gasteiger partial charge >= 0.3 is 0 Å². The number of benzene rings is 2. The Morgan fingerprint density at radius 3 is 2.58 bits per heavy atom. The Bertz CT molecular complexity index is 813. The van der Waals surface area contributed by atoms with Crippen LogP contribution >= 0.6 is 15.9 Å². The summed E-state index contributed by atoms with van der Waals surface area (Å²) < 4.78 is 21.9. The number of carbonyl (C=O) groups excluding carboxylic acids is 1. The number of fused-ring (bicyclic) bond motifs is 1. The Balaban J connectivity index is 1.86. The molecule has 0 N–H and O–H groups in total. The molecule has 0 radical (unpaired) electrons. The van der Waals surface area contributed by atoms with E-state index in [1.54, 1.807) is 31.4 Å². The van der Waals surface area contributed by atoms with Crippen LogP contribution in [0.15, 0.2) is 40.9 Å². The van der Waals surface area contributed by atoms with E-state index < -0.39 is 0 Å². The molecule has 3 rings (SSSR count). The van der Waals surface area contributed by atoms with Crippen molar-refractivity contribution in [2.45, 2.75) is 0 Å². The summed E-state index contributed by atoms with van der Waals surface area (Å²) in [5.74, 6) is 2.27. The average molecular weight is 391 g/mol. The quantitative estimate of drug-likeness (QED) is 0.568. The molecule has 2 aromatic rings. The molecule has 5 nitrogen and oxygen atoms in total. The number of hydrogen-bond donors (Lipinski definition) is 0. The maximum Gasteiger partial charge on any atom is 0.231 e. The van der Waals surface area contributed by atoms with Crippen LogP contribution in [0.4, 0.5) is 0 Å². The lowest BCUT2D eigenvalue weighted by Crippen LogP contribution is -1.99. The molecule has 0 atom stereocenters. The third kappa shape index (κ3) is 3.23. The molecule has 24 heavy (non-hydrogen) atoms. The van der Waals surface area contributed by atoms with E-state index in [1.807, 2.05) is 12.1 Å². The predicted molar refractivity (Wildman–Crippen MR) is 93.2 cm³/mol. The van der Waals surface area contributed by atoms with Gasteiger partial charge in [-0.05, 0) is 42.0 Å². The number of allylic oxidation sites excluding steroid dienone is 1. The molecule has 0 spiro atoms. The van der Waals surface area contributed by atoms with Gasteiger partial charge < -0.3 is 18.9 Å². The Morgan fingerprint density at radius 1 is 1.12 bits per heavy atom. The molecule has 1 aliphatic heterocycles. The average Bonchev–Trinajstić information content (AvgIpc) is 3.05. The number of ketones is 1. The minimum atomic E-state index is -0.168. The first-order valence-electron chi connectivity index (χ1n) is 7.16. The second kappa shape index (κ2) is 6.97. The summed E-state index contributed by atoms with van der Waals surface area (Å²) in [5.41, 5.74) is 1.28. The van der Waals surface area contributed by atoms with Crippen molar-refractivity contribution in [3.05, 3.63) is 52.0 Å². The molecule has 2 aromatic carbocycles. The molecule has 0 saturated carbocycles. The van der Waals surface area contributed by atoms with Gasteiger partial charge in [0.1, 0.15) is 11.5 Å². The minimum Gasteiger partial charge on any atom is -0.497 e. The zero-order valence-corrected chi connectivity index (χ0v) is 14.8. The summed E-state index contributed by atoms with van der Waals surface area (Å²) in [4.78, 5) is 12.5. The number of carbonyl (C=O) groups is 1. The second-order valence-corrected chi connectivity index (χ2v) is 5.85. The van der Waals surface area contributed by atoms with Gasteiger partial charge in [-0.15, -0.1) is 0 Å². The highest BCUT2D eigenvalue weighted by molar-refractivity contribution is 9.10. The van der Waals surface area contributed by atoms with Crippen molar-refractivity contribution < 1.29 is 23.7 Å². The van der Waals surface area contributed by atoms with Crippen molar-refractivity contribution in [1.29, 1.82) is 0 Å². The summed E-state index contributed by atoms with van der Waals surface area (Å²) in [5, 5.41) is 0. The Kier molecular flexibility index (Phi) is 4.76. The van der Waals surface area contributed by atoms with Gasteiger partial charge in [-0.3, -0.25) is 4.79 Å². The number of rotatable bonds is 5. The standard InChI is InChI=1S/C18H15BrO5/c1-21-12-4-5-13(16(8-12)22-2)15(20)6-3-11-7-17-18(9-14(11)19)24-10-23-17/h3-9H,10H2,1-2H3/b6-3+. The van der Waals surface area contributed by atoms with Crippen LogP contribution in [0.2, 0.25) is 0 Å². The first-order chi connectivity index (χ1) is 11.6. The van der Waals surface area contributed by atoms with Crippen molar-refractivity contribution >= 4 is 27.8 Å². The maximum atomic E-state index is 12.5. The molecule has 0 amide bonds. The third-order valence-electron chi connectivity index (χ3n) is 3.58. The van der Waals surface area contributed by atoms with E-state index in [0.29, 0.717) is 28.6 Å². The monoisotopic (exact) mass is 390 g/mol.